The quantitative estimate of drug-likeness (QED) is 0.834. The smallest absolute Gasteiger partial charge is 0.0701 e. The van der Waals surface area contributed by atoms with Gasteiger partial charge in [0.15, 0.2) is 0 Å². The third-order valence-electron chi connectivity index (χ3n) is 4.12. The lowest BCUT2D eigenvalue weighted by Crippen LogP contribution is -2.49. The van der Waals surface area contributed by atoms with Crippen LogP contribution in [0.3, 0.4) is 0 Å². The molecule has 0 aromatic heterocycles. The van der Waals surface area contributed by atoms with E-state index < -0.39 is 0 Å². The molecule has 0 radical (unpaired) electrons. The Balaban J connectivity index is 1.91. The van der Waals surface area contributed by atoms with E-state index in [-0.39, 0.29) is 5.60 Å². The van der Waals surface area contributed by atoms with Crippen LogP contribution in [0.5, 0.6) is 0 Å². The summed E-state index contributed by atoms with van der Waals surface area (Å²) in [6, 6.07) is 0.306. The van der Waals surface area contributed by atoms with Crippen molar-refractivity contribution in [3.05, 3.63) is 0 Å². The molecule has 4 heteroatoms. The van der Waals surface area contributed by atoms with Crippen LogP contribution in [0.2, 0.25) is 0 Å². The fourth-order valence-electron chi connectivity index (χ4n) is 3.09. The highest BCUT2D eigenvalue weighted by molar-refractivity contribution is 7.99. The Labute approximate surface area is 109 Å². The van der Waals surface area contributed by atoms with Crippen LogP contribution in [0.1, 0.15) is 25.7 Å². The van der Waals surface area contributed by atoms with Gasteiger partial charge in [-0.3, -0.25) is 0 Å². The Morgan fingerprint density at radius 2 is 2.12 bits per heavy atom. The molecular weight excluding hydrogens is 232 g/mol. The van der Waals surface area contributed by atoms with Crippen molar-refractivity contribution < 1.29 is 4.74 Å². The van der Waals surface area contributed by atoms with Gasteiger partial charge in [0.25, 0.3) is 0 Å². The minimum atomic E-state index is 0.179. The summed E-state index contributed by atoms with van der Waals surface area (Å²) in [7, 11) is 4.21. The molecule has 2 saturated heterocycles. The molecule has 17 heavy (non-hydrogen) atoms. The lowest BCUT2D eigenvalue weighted by Gasteiger charge is -2.45. The van der Waals surface area contributed by atoms with Crippen LogP contribution < -0.4 is 5.73 Å². The monoisotopic (exact) mass is 258 g/mol. The van der Waals surface area contributed by atoms with Crippen molar-refractivity contribution in [2.24, 2.45) is 11.7 Å². The summed E-state index contributed by atoms with van der Waals surface area (Å²) in [5.41, 5.74) is 6.52. The van der Waals surface area contributed by atoms with Gasteiger partial charge in [0, 0.05) is 19.2 Å². The van der Waals surface area contributed by atoms with Crippen molar-refractivity contribution in [1.29, 1.82) is 0 Å². The van der Waals surface area contributed by atoms with Crippen LogP contribution in [0, 0.1) is 5.92 Å². The Bertz CT molecular complexity index is 236. The largest absolute Gasteiger partial charge is 0.375 e. The van der Waals surface area contributed by atoms with E-state index in [0.717, 1.165) is 19.6 Å². The second-order valence-electron chi connectivity index (χ2n) is 5.82. The first-order chi connectivity index (χ1) is 8.11. The van der Waals surface area contributed by atoms with Crippen molar-refractivity contribution in [2.45, 2.75) is 37.3 Å². The minimum Gasteiger partial charge on any atom is -0.375 e. The average Bonchev–Trinajstić information content (AvgIpc) is 2.29. The molecule has 2 fully saturated rings. The maximum atomic E-state index is 6.34. The van der Waals surface area contributed by atoms with E-state index in [4.69, 9.17) is 10.5 Å². The molecule has 0 aromatic rings. The summed E-state index contributed by atoms with van der Waals surface area (Å²) in [6.45, 7) is 1.91. The molecule has 0 saturated carbocycles. The van der Waals surface area contributed by atoms with Gasteiger partial charge in [0.2, 0.25) is 0 Å². The molecule has 2 unspecified atom stereocenters. The molecule has 2 atom stereocenters. The molecule has 1 spiro atoms. The van der Waals surface area contributed by atoms with Gasteiger partial charge in [-0.2, -0.15) is 11.8 Å². The van der Waals surface area contributed by atoms with Crippen molar-refractivity contribution >= 4 is 11.8 Å². The topological polar surface area (TPSA) is 38.5 Å². The van der Waals surface area contributed by atoms with E-state index in [0.29, 0.717) is 12.0 Å². The average molecular weight is 258 g/mol. The van der Waals surface area contributed by atoms with Crippen molar-refractivity contribution in [1.82, 2.24) is 4.90 Å². The zero-order chi connectivity index (χ0) is 12.3. The maximum Gasteiger partial charge on any atom is 0.0701 e. The molecule has 3 nitrogen and oxygen atoms in total. The zero-order valence-electron chi connectivity index (χ0n) is 11.2. The third kappa shape index (κ3) is 3.60. The maximum absolute atomic E-state index is 6.34. The zero-order valence-corrected chi connectivity index (χ0v) is 12.0. The Kier molecular flexibility index (Phi) is 4.75. The molecule has 2 aliphatic rings. The fraction of sp³-hybridized carbons (Fsp3) is 1.00. The molecule has 0 bridgehead atoms. The molecule has 2 N–H and O–H groups in total. The van der Waals surface area contributed by atoms with E-state index in [1.807, 2.05) is 0 Å². The molecule has 2 aliphatic heterocycles. The minimum absolute atomic E-state index is 0.179. The van der Waals surface area contributed by atoms with Gasteiger partial charge in [-0.15, -0.1) is 0 Å². The van der Waals surface area contributed by atoms with Gasteiger partial charge in [-0.05, 0) is 57.2 Å². The van der Waals surface area contributed by atoms with Crippen LogP contribution >= 0.6 is 11.8 Å². The lowest BCUT2D eigenvalue weighted by molar-refractivity contribution is -0.106. The normalized spacial score (nSPS) is 30.7. The predicted octanol–water partition coefficient (Wildman–Crippen LogP) is 1.57. The number of hydrogen-bond donors (Lipinski definition) is 1. The molecular formula is C13H26N2OS. The summed E-state index contributed by atoms with van der Waals surface area (Å²) < 4.78 is 6.11. The van der Waals surface area contributed by atoms with Gasteiger partial charge in [-0.1, -0.05) is 0 Å². The first kappa shape index (κ1) is 13.7. The summed E-state index contributed by atoms with van der Waals surface area (Å²) in [5.74, 6) is 3.17. The third-order valence-corrected chi connectivity index (χ3v) is 5.10. The van der Waals surface area contributed by atoms with Crippen molar-refractivity contribution in [2.75, 3.05) is 38.8 Å². The second kappa shape index (κ2) is 5.91. The van der Waals surface area contributed by atoms with Gasteiger partial charge < -0.3 is 15.4 Å². The highest BCUT2D eigenvalue weighted by Crippen LogP contribution is 2.40. The van der Waals surface area contributed by atoms with Gasteiger partial charge >= 0.3 is 0 Å². The number of likely N-dealkylation sites (N-methyl/N-ethyl adjacent to an activating group) is 1. The van der Waals surface area contributed by atoms with Crippen molar-refractivity contribution in [3.8, 4) is 0 Å². The first-order valence-electron chi connectivity index (χ1n) is 6.73. The Morgan fingerprint density at radius 3 is 2.76 bits per heavy atom. The van der Waals surface area contributed by atoms with Crippen LogP contribution in [0.15, 0.2) is 0 Å². The molecule has 2 rings (SSSR count). The van der Waals surface area contributed by atoms with E-state index in [1.54, 1.807) is 0 Å². The number of nitrogens with two attached hydrogens (primary N) is 1. The second-order valence-corrected chi connectivity index (χ2v) is 7.05. The van der Waals surface area contributed by atoms with Crippen LogP contribution in [0.4, 0.5) is 0 Å². The van der Waals surface area contributed by atoms with Crippen LogP contribution in [-0.4, -0.2) is 55.3 Å². The number of ether oxygens (including phenoxy) is 1. The standard InChI is InChI=1S/C13H26N2OS/c1-15(2)10-12(14)11-3-6-16-13(9-11)4-7-17-8-5-13/h11-12H,3-10,14H2,1-2H3. The highest BCUT2D eigenvalue weighted by Gasteiger charge is 2.40. The highest BCUT2D eigenvalue weighted by atomic mass is 32.2. The molecule has 0 amide bonds. The molecule has 100 valence electrons. The first-order valence-corrected chi connectivity index (χ1v) is 7.89. The lowest BCUT2D eigenvalue weighted by atomic mass is 9.79. The van der Waals surface area contributed by atoms with Crippen molar-refractivity contribution in [3.63, 3.8) is 0 Å². The number of nitrogens with zero attached hydrogens (tertiary/aromatic N) is 1. The Morgan fingerprint density at radius 1 is 1.41 bits per heavy atom. The molecule has 0 aliphatic carbocycles. The van der Waals surface area contributed by atoms with Gasteiger partial charge in [-0.25, -0.2) is 0 Å². The summed E-state index contributed by atoms with van der Waals surface area (Å²) in [5, 5.41) is 0. The molecule has 2 heterocycles. The Hall–Kier alpha value is 0.230. The van der Waals surface area contributed by atoms with E-state index in [9.17, 15) is 0 Å². The van der Waals surface area contributed by atoms with Gasteiger partial charge in [0.1, 0.15) is 0 Å². The summed E-state index contributed by atoms with van der Waals surface area (Å²) in [4.78, 5) is 2.20. The summed E-state index contributed by atoms with van der Waals surface area (Å²) in [6.07, 6.45) is 4.78. The van der Waals surface area contributed by atoms with E-state index in [1.165, 1.54) is 30.8 Å². The predicted molar refractivity (Wildman–Crippen MR) is 74.5 cm³/mol. The van der Waals surface area contributed by atoms with Crippen LogP contribution in [0.25, 0.3) is 0 Å². The van der Waals surface area contributed by atoms with Gasteiger partial charge in [0.05, 0.1) is 5.60 Å². The fourth-order valence-corrected chi connectivity index (χ4v) is 4.33. The SMILES string of the molecule is CN(C)CC(N)C1CCOC2(CCSCC2)C1. The molecule has 0 aromatic carbocycles. The van der Waals surface area contributed by atoms with E-state index >= 15 is 0 Å². The van der Waals surface area contributed by atoms with Crippen LogP contribution in [-0.2, 0) is 4.74 Å². The number of hydrogen-bond acceptors (Lipinski definition) is 4. The summed E-state index contributed by atoms with van der Waals surface area (Å²) >= 11 is 2.06. The number of thioether (sulfide) groups is 1. The number of rotatable bonds is 3. The van der Waals surface area contributed by atoms with E-state index in [2.05, 4.69) is 30.8 Å².